The Labute approximate surface area is 117 Å². The summed E-state index contributed by atoms with van der Waals surface area (Å²) in [6.07, 6.45) is 9.41. The van der Waals surface area contributed by atoms with Gasteiger partial charge in [0.2, 0.25) is 0 Å². The molecule has 0 spiro atoms. The van der Waals surface area contributed by atoms with E-state index < -0.39 is 0 Å². The van der Waals surface area contributed by atoms with E-state index >= 15 is 0 Å². The van der Waals surface area contributed by atoms with Crippen LogP contribution in [0.15, 0.2) is 30.3 Å². The van der Waals surface area contributed by atoms with Crippen LogP contribution in [0.4, 0.5) is 0 Å². The van der Waals surface area contributed by atoms with Gasteiger partial charge in [0.25, 0.3) is 0 Å². The lowest BCUT2D eigenvalue weighted by atomic mass is 9.67. The van der Waals surface area contributed by atoms with Crippen LogP contribution >= 0.6 is 0 Å². The summed E-state index contributed by atoms with van der Waals surface area (Å²) in [7, 11) is 0. The molecule has 1 aliphatic rings. The fourth-order valence-corrected chi connectivity index (χ4v) is 3.49. The van der Waals surface area contributed by atoms with Gasteiger partial charge in [0.05, 0.1) is 11.5 Å². The maximum atomic E-state index is 9.60. The molecule has 0 saturated heterocycles. The third kappa shape index (κ3) is 3.83. The minimum atomic E-state index is -0.0201. The van der Waals surface area contributed by atoms with Crippen LogP contribution in [0.25, 0.3) is 0 Å². The van der Waals surface area contributed by atoms with E-state index in [2.05, 4.69) is 43.3 Å². The van der Waals surface area contributed by atoms with Crippen LogP contribution in [-0.2, 0) is 6.42 Å². The van der Waals surface area contributed by atoms with Crippen molar-refractivity contribution in [2.45, 2.75) is 58.3 Å². The van der Waals surface area contributed by atoms with E-state index in [0.29, 0.717) is 0 Å². The number of aryl methyl sites for hydroxylation is 1. The van der Waals surface area contributed by atoms with E-state index in [1.807, 2.05) is 0 Å². The summed E-state index contributed by atoms with van der Waals surface area (Å²) >= 11 is 0. The van der Waals surface area contributed by atoms with Crippen molar-refractivity contribution in [2.75, 3.05) is 0 Å². The Balaban J connectivity index is 1.87. The molecule has 2 atom stereocenters. The van der Waals surface area contributed by atoms with Gasteiger partial charge >= 0.3 is 0 Å². The molecule has 1 aliphatic carbocycles. The number of hydrogen-bond donors (Lipinski definition) is 0. The van der Waals surface area contributed by atoms with Crippen LogP contribution in [0, 0.1) is 22.7 Å². The third-order valence-corrected chi connectivity index (χ3v) is 4.73. The number of hydrogen-bond acceptors (Lipinski definition) is 1. The minimum absolute atomic E-state index is 0.0201. The standard InChI is InChI=1S/C18H25N/c1-2-16-10-6-12-18(14-16,15-19)13-7-11-17-8-4-3-5-9-17/h3-5,8-9,16H,2,6-7,10-14H2,1H3. The molecule has 1 nitrogen and oxygen atoms in total. The highest BCUT2D eigenvalue weighted by Gasteiger charge is 2.35. The Hall–Kier alpha value is -1.29. The Kier molecular flexibility index (Phi) is 5.02. The van der Waals surface area contributed by atoms with Crippen LogP contribution in [0.2, 0.25) is 0 Å². The monoisotopic (exact) mass is 255 g/mol. The van der Waals surface area contributed by atoms with E-state index in [1.54, 1.807) is 0 Å². The van der Waals surface area contributed by atoms with Crippen LogP contribution in [-0.4, -0.2) is 0 Å². The third-order valence-electron chi connectivity index (χ3n) is 4.73. The molecule has 0 N–H and O–H groups in total. The van der Waals surface area contributed by atoms with Gasteiger partial charge in [-0.1, -0.05) is 56.5 Å². The van der Waals surface area contributed by atoms with Gasteiger partial charge in [0, 0.05) is 0 Å². The predicted octanol–water partition coefficient (Wildman–Crippen LogP) is 5.12. The average molecular weight is 255 g/mol. The maximum absolute atomic E-state index is 9.60. The molecule has 0 aromatic heterocycles. The molecule has 1 aromatic rings. The fourth-order valence-electron chi connectivity index (χ4n) is 3.49. The van der Waals surface area contributed by atoms with E-state index in [4.69, 9.17) is 0 Å². The zero-order valence-corrected chi connectivity index (χ0v) is 12.1. The van der Waals surface area contributed by atoms with Gasteiger partial charge in [-0.2, -0.15) is 5.26 Å². The fraction of sp³-hybridized carbons (Fsp3) is 0.611. The summed E-state index contributed by atoms with van der Waals surface area (Å²) in [6.45, 7) is 2.27. The molecular weight excluding hydrogens is 230 g/mol. The van der Waals surface area contributed by atoms with Crippen LogP contribution in [0.1, 0.15) is 57.4 Å². The molecule has 1 saturated carbocycles. The van der Waals surface area contributed by atoms with Crippen molar-refractivity contribution in [1.82, 2.24) is 0 Å². The summed E-state index contributed by atoms with van der Waals surface area (Å²) in [6, 6.07) is 13.3. The maximum Gasteiger partial charge on any atom is 0.0689 e. The molecule has 102 valence electrons. The molecule has 1 aromatic carbocycles. The van der Waals surface area contributed by atoms with Gasteiger partial charge < -0.3 is 0 Å². The molecule has 0 amide bonds. The van der Waals surface area contributed by atoms with E-state index in [0.717, 1.165) is 38.0 Å². The summed E-state index contributed by atoms with van der Waals surface area (Å²) in [5.74, 6) is 0.783. The van der Waals surface area contributed by atoms with Gasteiger partial charge in [-0.3, -0.25) is 0 Å². The van der Waals surface area contributed by atoms with E-state index in [9.17, 15) is 5.26 Å². The summed E-state index contributed by atoms with van der Waals surface area (Å²) < 4.78 is 0. The molecule has 1 fully saturated rings. The first-order valence-electron chi connectivity index (χ1n) is 7.73. The lowest BCUT2D eigenvalue weighted by molar-refractivity contribution is 0.180. The molecule has 2 unspecified atom stereocenters. The lowest BCUT2D eigenvalue weighted by Gasteiger charge is -2.35. The normalized spacial score (nSPS) is 26.8. The highest BCUT2D eigenvalue weighted by Crippen LogP contribution is 2.43. The Bertz CT molecular complexity index is 417. The summed E-state index contributed by atoms with van der Waals surface area (Å²) in [5, 5.41) is 9.60. The van der Waals surface area contributed by atoms with Crippen LogP contribution in [0.5, 0.6) is 0 Å². The molecule has 0 radical (unpaired) electrons. The number of nitrogens with zero attached hydrogens (tertiary/aromatic N) is 1. The molecular formula is C18H25N. The van der Waals surface area contributed by atoms with Crippen LogP contribution < -0.4 is 0 Å². The Morgan fingerprint density at radius 3 is 2.79 bits per heavy atom. The first-order valence-corrected chi connectivity index (χ1v) is 7.73. The Morgan fingerprint density at radius 2 is 2.11 bits per heavy atom. The molecule has 2 rings (SSSR count). The van der Waals surface area contributed by atoms with Gasteiger partial charge in [0.1, 0.15) is 0 Å². The molecule has 0 heterocycles. The second kappa shape index (κ2) is 6.75. The molecule has 1 heteroatoms. The number of benzene rings is 1. The zero-order chi connectivity index (χ0) is 13.6. The number of nitriles is 1. The summed E-state index contributed by atoms with van der Waals surface area (Å²) in [5.41, 5.74) is 1.38. The van der Waals surface area contributed by atoms with Crippen LogP contribution in [0.3, 0.4) is 0 Å². The number of rotatable bonds is 5. The van der Waals surface area contributed by atoms with Gasteiger partial charge in [-0.15, -0.1) is 0 Å². The van der Waals surface area contributed by atoms with Crippen molar-refractivity contribution >= 4 is 0 Å². The smallest absolute Gasteiger partial charge is 0.0689 e. The first kappa shape index (κ1) is 14.1. The first-order chi connectivity index (χ1) is 9.28. The van der Waals surface area contributed by atoms with Crippen molar-refractivity contribution in [3.63, 3.8) is 0 Å². The average Bonchev–Trinajstić information content (AvgIpc) is 2.48. The second-order valence-electron chi connectivity index (χ2n) is 6.10. The van der Waals surface area contributed by atoms with E-state index in [1.165, 1.54) is 24.8 Å². The molecule has 0 aliphatic heterocycles. The highest BCUT2D eigenvalue weighted by atomic mass is 14.4. The second-order valence-corrected chi connectivity index (χ2v) is 6.10. The zero-order valence-electron chi connectivity index (χ0n) is 12.1. The largest absolute Gasteiger partial charge is 0.198 e. The van der Waals surface area contributed by atoms with Crippen molar-refractivity contribution in [3.8, 4) is 6.07 Å². The highest BCUT2D eigenvalue weighted by molar-refractivity contribution is 5.15. The van der Waals surface area contributed by atoms with E-state index in [-0.39, 0.29) is 5.41 Å². The SMILES string of the molecule is CCC1CCCC(C#N)(CCCc2ccccc2)C1. The molecule has 0 bridgehead atoms. The predicted molar refractivity (Wildman–Crippen MR) is 79.7 cm³/mol. The Morgan fingerprint density at radius 1 is 1.32 bits per heavy atom. The topological polar surface area (TPSA) is 23.8 Å². The van der Waals surface area contributed by atoms with Crippen molar-refractivity contribution < 1.29 is 0 Å². The van der Waals surface area contributed by atoms with Gasteiger partial charge in [-0.25, -0.2) is 0 Å². The van der Waals surface area contributed by atoms with Gasteiger partial charge in [-0.05, 0) is 43.6 Å². The van der Waals surface area contributed by atoms with Gasteiger partial charge in [0.15, 0.2) is 0 Å². The van der Waals surface area contributed by atoms with Crippen molar-refractivity contribution in [2.24, 2.45) is 11.3 Å². The quantitative estimate of drug-likeness (QED) is 0.716. The van der Waals surface area contributed by atoms with Crippen molar-refractivity contribution in [1.29, 1.82) is 5.26 Å². The minimum Gasteiger partial charge on any atom is -0.198 e. The summed E-state index contributed by atoms with van der Waals surface area (Å²) in [4.78, 5) is 0. The lowest BCUT2D eigenvalue weighted by Crippen LogP contribution is -2.27. The van der Waals surface area contributed by atoms with Crippen molar-refractivity contribution in [3.05, 3.63) is 35.9 Å². The molecule has 19 heavy (non-hydrogen) atoms.